The second kappa shape index (κ2) is 8.89. The first-order valence-electron chi connectivity index (χ1n) is 8.96. The summed E-state index contributed by atoms with van der Waals surface area (Å²) in [5.74, 6) is -0.114. The van der Waals surface area contributed by atoms with Gasteiger partial charge in [0, 0.05) is 24.8 Å². The SMILES string of the molecule is CCCc1cc(=O)[nH]c(SCC(=O)N2CCN(S(=O)(=O)c3ccccc3)C2)n1. The average Bonchev–Trinajstić information content (AvgIpc) is 3.18. The number of carbonyl (C=O) groups excluding carboxylic acids is 1. The van der Waals surface area contributed by atoms with Crippen LogP contribution in [0.2, 0.25) is 0 Å². The van der Waals surface area contributed by atoms with Crippen molar-refractivity contribution in [3.05, 3.63) is 52.4 Å². The van der Waals surface area contributed by atoms with E-state index in [0.29, 0.717) is 23.8 Å². The molecule has 1 aromatic heterocycles. The number of thioether (sulfide) groups is 1. The first-order chi connectivity index (χ1) is 13.4. The number of benzene rings is 1. The number of aromatic nitrogens is 2. The van der Waals surface area contributed by atoms with Gasteiger partial charge in [0.2, 0.25) is 15.9 Å². The van der Waals surface area contributed by atoms with Crippen molar-refractivity contribution in [2.75, 3.05) is 25.5 Å². The third kappa shape index (κ3) is 4.81. The molecule has 2 aromatic rings. The van der Waals surface area contributed by atoms with Crippen LogP contribution in [0.1, 0.15) is 19.0 Å². The van der Waals surface area contributed by atoms with Gasteiger partial charge >= 0.3 is 0 Å². The van der Waals surface area contributed by atoms with Gasteiger partial charge in [0.1, 0.15) is 0 Å². The van der Waals surface area contributed by atoms with E-state index in [1.54, 1.807) is 30.3 Å². The molecule has 0 unspecified atom stereocenters. The van der Waals surface area contributed by atoms with Crippen LogP contribution >= 0.6 is 11.8 Å². The van der Waals surface area contributed by atoms with Crippen LogP contribution in [0.3, 0.4) is 0 Å². The molecule has 28 heavy (non-hydrogen) atoms. The van der Waals surface area contributed by atoms with Crippen molar-refractivity contribution in [1.29, 1.82) is 0 Å². The van der Waals surface area contributed by atoms with Crippen molar-refractivity contribution in [3.63, 3.8) is 0 Å². The van der Waals surface area contributed by atoms with Crippen LogP contribution in [0.5, 0.6) is 0 Å². The molecule has 1 aromatic carbocycles. The molecule has 150 valence electrons. The maximum absolute atomic E-state index is 12.7. The van der Waals surface area contributed by atoms with Gasteiger partial charge in [-0.3, -0.25) is 9.59 Å². The van der Waals surface area contributed by atoms with Crippen LogP contribution in [0.25, 0.3) is 0 Å². The summed E-state index contributed by atoms with van der Waals surface area (Å²) in [6, 6.07) is 9.64. The Hall–Kier alpha value is -2.17. The molecule has 1 aliphatic rings. The highest BCUT2D eigenvalue weighted by Crippen LogP contribution is 2.20. The van der Waals surface area contributed by atoms with E-state index in [1.165, 1.54) is 15.3 Å². The number of rotatable bonds is 7. The highest BCUT2D eigenvalue weighted by Gasteiger charge is 2.33. The molecular weight excluding hydrogens is 400 g/mol. The molecular formula is C18H22N4O4S2. The number of amides is 1. The minimum atomic E-state index is -3.62. The van der Waals surface area contributed by atoms with Crippen LogP contribution in [0, 0.1) is 0 Å². The van der Waals surface area contributed by atoms with Crippen molar-refractivity contribution >= 4 is 27.7 Å². The van der Waals surface area contributed by atoms with E-state index in [9.17, 15) is 18.0 Å². The number of sulfonamides is 1. The number of hydrogen-bond acceptors (Lipinski definition) is 6. The highest BCUT2D eigenvalue weighted by atomic mass is 32.2. The number of carbonyl (C=O) groups is 1. The van der Waals surface area contributed by atoms with E-state index in [2.05, 4.69) is 9.97 Å². The molecule has 0 bridgehead atoms. The Kier molecular flexibility index (Phi) is 6.53. The molecule has 0 saturated carbocycles. The fourth-order valence-corrected chi connectivity index (χ4v) is 5.07. The van der Waals surface area contributed by atoms with E-state index in [0.717, 1.165) is 18.2 Å². The van der Waals surface area contributed by atoms with Crippen LogP contribution in [0.15, 0.2) is 51.2 Å². The minimum Gasteiger partial charge on any atom is -0.327 e. The van der Waals surface area contributed by atoms with E-state index >= 15 is 0 Å². The monoisotopic (exact) mass is 422 g/mol. The van der Waals surface area contributed by atoms with Crippen molar-refractivity contribution < 1.29 is 13.2 Å². The lowest BCUT2D eigenvalue weighted by molar-refractivity contribution is -0.127. The first kappa shape index (κ1) is 20.6. The van der Waals surface area contributed by atoms with Gasteiger partial charge in [-0.15, -0.1) is 0 Å². The number of aryl methyl sites for hydroxylation is 1. The number of nitrogens with one attached hydrogen (secondary N) is 1. The zero-order valence-electron chi connectivity index (χ0n) is 15.5. The van der Waals surface area contributed by atoms with Crippen molar-refractivity contribution in [1.82, 2.24) is 19.2 Å². The second-order valence-electron chi connectivity index (χ2n) is 6.37. The Balaban J connectivity index is 1.60. The Labute approximate surface area is 168 Å². The third-order valence-electron chi connectivity index (χ3n) is 4.29. The molecule has 1 amide bonds. The quantitative estimate of drug-likeness (QED) is 0.533. The molecule has 1 aliphatic heterocycles. The van der Waals surface area contributed by atoms with Crippen LogP contribution in [-0.2, 0) is 21.2 Å². The molecule has 3 rings (SSSR count). The van der Waals surface area contributed by atoms with E-state index in [1.807, 2.05) is 6.92 Å². The zero-order chi connectivity index (χ0) is 20.1. The van der Waals surface area contributed by atoms with Gasteiger partial charge in [-0.25, -0.2) is 13.4 Å². The number of nitrogens with zero attached hydrogens (tertiary/aromatic N) is 3. The lowest BCUT2D eigenvalue weighted by atomic mass is 10.2. The lowest BCUT2D eigenvalue weighted by Crippen LogP contribution is -2.34. The number of aromatic amines is 1. The van der Waals surface area contributed by atoms with Gasteiger partial charge in [-0.05, 0) is 18.6 Å². The summed E-state index contributed by atoms with van der Waals surface area (Å²) in [6.45, 7) is 2.62. The summed E-state index contributed by atoms with van der Waals surface area (Å²) in [6.07, 6.45) is 1.57. The summed E-state index contributed by atoms with van der Waals surface area (Å²) in [5.41, 5.74) is 0.456. The molecule has 2 heterocycles. The lowest BCUT2D eigenvalue weighted by Gasteiger charge is -2.18. The Bertz CT molecular complexity index is 992. The fraction of sp³-hybridized carbons (Fsp3) is 0.389. The third-order valence-corrected chi connectivity index (χ3v) is 7.00. The molecule has 8 nitrogen and oxygen atoms in total. The predicted octanol–water partition coefficient (Wildman–Crippen LogP) is 1.31. The maximum atomic E-state index is 12.7. The maximum Gasteiger partial charge on any atom is 0.251 e. The minimum absolute atomic E-state index is 0.0242. The molecule has 1 N–H and O–H groups in total. The van der Waals surface area contributed by atoms with Gasteiger partial charge in [-0.2, -0.15) is 4.31 Å². The standard InChI is InChI=1S/C18H22N4O4S2/c1-2-6-14-11-16(23)20-18(19-14)27-12-17(24)21-9-10-22(13-21)28(25,26)15-7-4-3-5-8-15/h3-5,7-8,11H,2,6,9-10,12-13H2,1H3,(H,19,20,23). The Morgan fingerprint density at radius 3 is 2.71 bits per heavy atom. The largest absolute Gasteiger partial charge is 0.327 e. The fourth-order valence-electron chi connectivity index (χ4n) is 2.86. The van der Waals surface area contributed by atoms with Gasteiger partial charge in [0.25, 0.3) is 5.56 Å². The molecule has 0 atom stereocenters. The van der Waals surface area contributed by atoms with Crippen LogP contribution < -0.4 is 5.56 Å². The normalized spacial score (nSPS) is 15.1. The predicted molar refractivity (Wildman–Crippen MR) is 106 cm³/mol. The van der Waals surface area contributed by atoms with Crippen molar-refractivity contribution in [3.8, 4) is 0 Å². The molecule has 10 heteroatoms. The van der Waals surface area contributed by atoms with Crippen LogP contribution in [0.4, 0.5) is 0 Å². The highest BCUT2D eigenvalue weighted by molar-refractivity contribution is 7.99. The second-order valence-corrected chi connectivity index (χ2v) is 9.27. The van der Waals surface area contributed by atoms with Crippen molar-refractivity contribution in [2.24, 2.45) is 0 Å². The van der Waals surface area contributed by atoms with E-state index < -0.39 is 10.0 Å². The number of H-pyrrole nitrogens is 1. The van der Waals surface area contributed by atoms with Gasteiger partial charge < -0.3 is 9.88 Å². The zero-order valence-corrected chi connectivity index (χ0v) is 17.1. The molecule has 0 radical (unpaired) electrons. The molecule has 0 aliphatic carbocycles. The summed E-state index contributed by atoms with van der Waals surface area (Å²) in [5, 5.41) is 0.400. The summed E-state index contributed by atoms with van der Waals surface area (Å²) >= 11 is 1.15. The van der Waals surface area contributed by atoms with Crippen LogP contribution in [-0.4, -0.2) is 59.0 Å². The smallest absolute Gasteiger partial charge is 0.251 e. The van der Waals surface area contributed by atoms with E-state index in [-0.39, 0.29) is 35.3 Å². The Morgan fingerprint density at radius 2 is 2.00 bits per heavy atom. The van der Waals surface area contributed by atoms with Gasteiger partial charge in [0.15, 0.2) is 5.16 Å². The summed E-state index contributed by atoms with van der Waals surface area (Å²) in [7, 11) is -3.62. The van der Waals surface area contributed by atoms with E-state index in [4.69, 9.17) is 0 Å². The molecule has 1 saturated heterocycles. The molecule has 1 fully saturated rings. The van der Waals surface area contributed by atoms with Crippen molar-refractivity contribution in [2.45, 2.75) is 29.8 Å². The van der Waals surface area contributed by atoms with Gasteiger partial charge in [-0.1, -0.05) is 43.3 Å². The molecule has 0 spiro atoms. The topological polar surface area (TPSA) is 103 Å². The first-order valence-corrected chi connectivity index (χ1v) is 11.4. The van der Waals surface area contributed by atoms with Gasteiger partial charge in [0.05, 0.1) is 17.3 Å². The summed E-state index contributed by atoms with van der Waals surface area (Å²) in [4.78, 5) is 32.9. The number of hydrogen-bond donors (Lipinski definition) is 1. The average molecular weight is 423 g/mol. The Morgan fingerprint density at radius 1 is 1.25 bits per heavy atom. The summed E-state index contributed by atoms with van der Waals surface area (Å²) < 4.78 is 26.6.